The summed E-state index contributed by atoms with van der Waals surface area (Å²) < 4.78 is 0. The van der Waals surface area contributed by atoms with Crippen molar-refractivity contribution in [3.8, 4) is 22.3 Å². The van der Waals surface area contributed by atoms with Gasteiger partial charge in [-0.25, -0.2) is 0 Å². The van der Waals surface area contributed by atoms with Crippen LogP contribution in [0, 0.1) is 0 Å². The molecular formula is C33H12N4O8. The largest absolute Gasteiger partial charge is 0.288 e. The van der Waals surface area contributed by atoms with Crippen LogP contribution in [0.5, 0.6) is 0 Å². The summed E-state index contributed by atoms with van der Waals surface area (Å²) in [6.45, 7) is 0. The molecule has 4 N–H and O–H groups in total. The maximum atomic E-state index is 12.9. The van der Waals surface area contributed by atoms with Gasteiger partial charge < -0.3 is 0 Å². The Bertz CT molecular complexity index is 2100. The van der Waals surface area contributed by atoms with Crippen LogP contribution >= 0.6 is 0 Å². The molecule has 10 rings (SSSR count). The topological polar surface area (TPSA) is 185 Å². The second kappa shape index (κ2) is 7.14. The third kappa shape index (κ3) is 2.49. The van der Waals surface area contributed by atoms with E-state index in [9.17, 15) is 38.4 Å². The Morgan fingerprint density at radius 2 is 0.444 bits per heavy atom. The van der Waals surface area contributed by atoms with Crippen LogP contribution < -0.4 is 21.3 Å². The van der Waals surface area contributed by atoms with E-state index in [4.69, 9.17) is 0 Å². The number of amides is 8. The Balaban J connectivity index is 1.43. The quantitative estimate of drug-likeness (QED) is 0.192. The van der Waals surface area contributed by atoms with Crippen molar-refractivity contribution in [2.75, 3.05) is 0 Å². The number of fused-ring (bicyclic) bond motifs is 14. The van der Waals surface area contributed by atoms with E-state index in [0.29, 0.717) is 44.5 Å². The van der Waals surface area contributed by atoms with Crippen LogP contribution in [0.1, 0.15) is 105 Å². The van der Waals surface area contributed by atoms with Gasteiger partial charge in [-0.1, -0.05) is 0 Å². The number of carbonyl (C=O) groups excluding carboxylic acids is 8. The zero-order valence-corrected chi connectivity index (χ0v) is 22.4. The molecule has 6 aliphatic rings. The minimum absolute atomic E-state index is 0.102. The lowest BCUT2D eigenvalue weighted by molar-refractivity contribution is 0.0863. The molecule has 0 saturated heterocycles. The van der Waals surface area contributed by atoms with E-state index >= 15 is 0 Å². The summed E-state index contributed by atoms with van der Waals surface area (Å²) in [4.78, 5) is 103. The first kappa shape index (κ1) is 23.9. The maximum absolute atomic E-state index is 12.9. The number of hydrogen-bond donors (Lipinski definition) is 4. The molecular weight excluding hydrogens is 580 g/mol. The highest BCUT2D eigenvalue weighted by Crippen LogP contribution is 2.64. The van der Waals surface area contributed by atoms with Crippen molar-refractivity contribution < 1.29 is 38.4 Å². The van der Waals surface area contributed by atoms with Gasteiger partial charge in [0.25, 0.3) is 47.3 Å². The highest BCUT2D eigenvalue weighted by Gasteiger charge is 2.55. The number of rotatable bonds is 0. The van der Waals surface area contributed by atoms with Crippen molar-refractivity contribution in [1.82, 2.24) is 21.3 Å². The molecule has 0 radical (unpaired) electrons. The fourth-order valence-electron chi connectivity index (χ4n) is 7.86. The number of carbonyl (C=O) groups is 8. The normalized spacial score (nSPS) is 18.1. The average Bonchev–Trinajstić information content (AvgIpc) is 3.79. The zero-order valence-electron chi connectivity index (χ0n) is 22.4. The molecule has 12 heteroatoms. The molecule has 0 bridgehead atoms. The van der Waals surface area contributed by atoms with Crippen LogP contribution in [-0.2, 0) is 5.41 Å². The van der Waals surface area contributed by atoms with E-state index in [1.807, 2.05) is 0 Å². The SMILES string of the molecule is O=C1NC(=O)c2cc3c(cc21)-c1cc2c(cc1C31c3cc4c(cc3-c3cc5c(cc31)C(=O)NC5=O)C(=O)NC4=O)C(=O)NC2=O. The van der Waals surface area contributed by atoms with E-state index in [1.54, 1.807) is 48.5 Å². The molecule has 4 aromatic carbocycles. The van der Waals surface area contributed by atoms with Crippen molar-refractivity contribution in [2.45, 2.75) is 5.41 Å². The minimum Gasteiger partial charge on any atom is -0.288 e. The fraction of sp³-hybridized carbons (Fsp3) is 0.0303. The molecule has 0 unspecified atom stereocenters. The fourth-order valence-corrected chi connectivity index (χ4v) is 7.86. The average molecular weight is 592 g/mol. The number of hydrogen-bond acceptors (Lipinski definition) is 8. The summed E-state index contributed by atoms with van der Waals surface area (Å²) in [5.74, 6) is -4.83. The predicted molar refractivity (Wildman–Crippen MR) is 150 cm³/mol. The van der Waals surface area contributed by atoms with Crippen LogP contribution in [0.4, 0.5) is 0 Å². The first-order chi connectivity index (χ1) is 21.6. The maximum Gasteiger partial charge on any atom is 0.258 e. The van der Waals surface area contributed by atoms with Gasteiger partial charge in [-0.2, -0.15) is 0 Å². The van der Waals surface area contributed by atoms with Crippen molar-refractivity contribution in [2.24, 2.45) is 0 Å². The number of imide groups is 4. The highest BCUT2D eigenvalue weighted by molar-refractivity contribution is 6.26. The van der Waals surface area contributed by atoms with Gasteiger partial charge in [-0.05, 0) is 93.0 Å². The summed E-state index contributed by atoms with van der Waals surface area (Å²) in [5.41, 5.74) is 3.43. The second-order valence-corrected chi connectivity index (χ2v) is 11.7. The molecule has 0 atom stereocenters. The highest BCUT2D eigenvalue weighted by atomic mass is 16.2. The van der Waals surface area contributed by atoms with E-state index < -0.39 is 52.7 Å². The molecule has 45 heavy (non-hydrogen) atoms. The van der Waals surface area contributed by atoms with Crippen molar-refractivity contribution in [3.63, 3.8) is 0 Å². The summed E-state index contributed by atoms with van der Waals surface area (Å²) in [7, 11) is 0. The van der Waals surface area contributed by atoms with Gasteiger partial charge >= 0.3 is 0 Å². The van der Waals surface area contributed by atoms with Crippen LogP contribution in [0.15, 0.2) is 48.5 Å². The van der Waals surface area contributed by atoms with Gasteiger partial charge in [-0.15, -0.1) is 0 Å². The summed E-state index contributed by atoms with van der Waals surface area (Å²) in [6, 6.07) is 12.5. The monoisotopic (exact) mass is 592 g/mol. The van der Waals surface area contributed by atoms with E-state index in [2.05, 4.69) is 21.3 Å². The van der Waals surface area contributed by atoms with E-state index in [-0.39, 0.29) is 44.5 Å². The molecule has 4 aromatic rings. The lowest BCUT2D eigenvalue weighted by Crippen LogP contribution is -2.27. The van der Waals surface area contributed by atoms with Gasteiger partial charge in [0.2, 0.25) is 0 Å². The zero-order chi connectivity index (χ0) is 30.8. The molecule has 1 spiro atoms. The number of nitrogens with one attached hydrogen (secondary N) is 4. The smallest absolute Gasteiger partial charge is 0.258 e. The summed E-state index contributed by atoms with van der Waals surface area (Å²) in [6.07, 6.45) is 0. The van der Waals surface area contributed by atoms with Crippen LogP contribution in [0.2, 0.25) is 0 Å². The Kier molecular flexibility index (Phi) is 3.80. The second-order valence-electron chi connectivity index (χ2n) is 11.7. The molecule has 0 aromatic heterocycles. The third-order valence-corrected chi connectivity index (χ3v) is 9.69. The Hall–Kier alpha value is -6.56. The molecule has 212 valence electrons. The van der Waals surface area contributed by atoms with E-state index in [0.717, 1.165) is 0 Å². The van der Waals surface area contributed by atoms with Gasteiger partial charge in [0, 0.05) is 0 Å². The molecule has 4 heterocycles. The van der Waals surface area contributed by atoms with Crippen molar-refractivity contribution in [1.29, 1.82) is 0 Å². The molecule has 12 nitrogen and oxygen atoms in total. The lowest BCUT2D eigenvalue weighted by atomic mass is 9.69. The molecule has 0 fully saturated rings. The molecule has 4 aliphatic heterocycles. The molecule has 0 saturated carbocycles. The van der Waals surface area contributed by atoms with Gasteiger partial charge in [0.15, 0.2) is 0 Å². The lowest BCUT2D eigenvalue weighted by Gasteiger charge is -2.31. The first-order valence-electron chi connectivity index (χ1n) is 13.8. The van der Waals surface area contributed by atoms with Crippen LogP contribution in [0.3, 0.4) is 0 Å². The van der Waals surface area contributed by atoms with Crippen molar-refractivity contribution >= 4 is 47.3 Å². The van der Waals surface area contributed by atoms with Crippen LogP contribution in [-0.4, -0.2) is 47.3 Å². The Labute approximate surface area is 249 Å². The first-order valence-corrected chi connectivity index (χ1v) is 13.8. The van der Waals surface area contributed by atoms with Gasteiger partial charge in [-0.3, -0.25) is 59.6 Å². The van der Waals surface area contributed by atoms with Gasteiger partial charge in [0.05, 0.1) is 49.9 Å². The molecule has 8 amide bonds. The Morgan fingerprint density at radius 3 is 0.644 bits per heavy atom. The predicted octanol–water partition coefficient (Wildman–Crippen LogP) is 1.56. The van der Waals surface area contributed by atoms with Gasteiger partial charge in [0.1, 0.15) is 0 Å². The van der Waals surface area contributed by atoms with E-state index in [1.165, 1.54) is 0 Å². The summed E-state index contributed by atoms with van der Waals surface area (Å²) >= 11 is 0. The van der Waals surface area contributed by atoms with Crippen LogP contribution in [0.25, 0.3) is 22.3 Å². The Morgan fingerprint density at radius 1 is 0.267 bits per heavy atom. The van der Waals surface area contributed by atoms with Crippen molar-refractivity contribution in [3.05, 3.63) is 115 Å². The third-order valence-electron chi connectivity index (χ3n) is 9.69. The summed E-state index contributed by atoms with van der Waals surface area (Å²) in [5, 5.41) is 9.21. The minimum atomic E-state index is -1.40. The number of benzene rings is 4. The standard InChI is InChI=1S/C33H12N4O8/c38-25-13-1-9-10-2-14-18(30(43)35-26(14)39)6-22(10)33(21(9)5-17(13)29(42)34-25)23-7-19-15(27(40)36-31(19)44)3-11(23)12-4-16-20(8-24(12)33)32(45)37-28(16)41/h1-8H,(H,34,38,42)(H,35,39,43)(H,36,40,44)(H,37,41,45). The molecule has 2 aliphatic carbocycles.